The first-order valence-corrected chi connectivity index (χ1v) is 10.4. The van der Waals surface area contributed by atoms with E-state index in [1.54, 1.807) is 0 Å². The molecule has 3 fully saturated rings. The fraction of sp³-hybridized carbons (Fsp3) is 0.636. The Kier molecular flexibility index (Phi) is 5.19. The highest BCUT2D eigenvalue weighted by molar-refractivity contribution is 5.95. The number of nitrogens with zero attached hydrogens (tertiary/aromatic N) is 1. The highest BCUT2D eigenvalue weighted by atomic mass is 16.5. The van der Waals surface area contributed by atoms with Crippen LogP contribution in [0.5, 0.6) is 0 Å². The number of rotatable bonds is 6. The molecule has 1 aromatic rings. The lowest BCUT2D eigenvalue weighted by Crippen LogP contribution is -2.42. The average Bonchev–Trinajstić information content (AvgIpc) is 3.30. The molecule has 3 saturated heterocycles. The SMILES string of the molecule is CCNC(=O)CN1C[C@@H]2[C@H](CNC(=O)c3cccc(C)c3C)[C@H]3CC[C@]2(C1)O3. The van der Waals surface area contributed by atoms with Gasteiger partial charge in [-0.2, -0.15) is 0 Å². The molecule has 152 valence electrons. The van der Waals surface area contributed by atoms with Crippen molar-refractivity contribution in [3.8, 4) is 0 Å². The first kappa shape index (κ1) is 19.4. The van der Waals surface area contributed by atoms with Gasteiger partial charge in [0.2, 0.25) is 5.91 Å². The predicted octanol–water partition coefficient (Wildman–Crippen LogP) is 1.65. The molecule has 1 spiro atoms. The van der Waals surface area contributed by atoms with E-state index < -0.39 is 0 Å². The molecular formula is C22H31N3O3. The molecule has 0 aromatic heterocycles. The van der Waals surface area contributed by atoms with Gasteiger partial charge in [0.1, 0.15) is 0 Å². The van der Waals surface area contributed by atoms with Crippen molar-refractivity contribution in [1.29, 1.82) is 0 Å². The second-order valence-electron chi connectivity index (χ2n) is 8.61. The maximum atomic E-state index is 12.7. The fourth-order valence-electron chi connectivity index (χ4n) is 5.44. The van der Waals surface area contributed by atoms with Crippen LogP contribution in [0.25, 0.3) is 0 Å². The lowest BCUT2D eigenvalue weighted by atomic mass is 9.73. The van der Waals surface area contributed by atoms with Crippen LogP contribution in [0, 0.1) is 25.7 Å². The first-order chi connectivity index (χ1) is 13.4. The van der Waals surface area contributed by atoms with Crippen molar-refractivity contribution < 1.29 is 14.3 Å². The largest absolute Gasteiger partial charge is 0.370 e. The van der Waals surface area contributed by atoms with Crippen LogP contribution >= 0.6 is 0 Å². The van der Waals surface area contributed by atoms with Gasteiger partial charge in [0, 0.05) is 43.6 Å². The summed E-state index contributed by atoms with van der Waals surface area (Å²) >= 11 is 0. The van der Waals surface area contributed by atoms with Crippen molar-refractivity contribution in [1.82, 2.24) is 15.5 Å². The standard InChI is InChI=1S/C22H31N3O3/c1-4-23-20(26)12-25-11-18-17(19-8-9-22(18,13-25)28-19)10-24-21(27)16-7-5-6-14(2)15(16)3/h5-7,17-19H,4,8-13H2,1-3H3,(H,23,26)(H,24,27)/t17-,18+,19+,22+/m0/s1. The Balaban J connectivity index is 1.40. The molecule has 0 radical (unpaired) electrons. The van der Waals surface area contributed by atoms with Gasteiger partial charge in [0.05, 0.1) is 18.2 Å². The van der Waals surface area contributed by atoms with E-state index in [9.17, 15) is 9.59 Å². The molecule has 0 unspecified atom stereocenters. The zero-order chi connectivity index (χ0) is 19.9. The number of benzene rings is 1. The van der Waals surface area contributed by atoms with Crippen molar-refractivity contribution in [2.24, 2.45) is 11.8 Å². The number of hydrogen-bond donors (Lipinski definition) is 2. The van der Waals surface area contributed by atoms with E-state index in [0.29, 0.717) is 31.5 Å². The smallest absolute Gasteiger partial charge is 0.251 e. The van der Waals surface area contributed by atoms with Gasteiger partial charge in [-0.1, -0.05) is 12.1 Å². The Morgan fingerprint density at radius 2 is 2.11 bits per heavy atom. The van der Waals surface area contributed by atoms with E-state index in [1.165, 1.54) is 0 Å². The van der Waals surface area contributed by atoms with Crippen LogP contribution in [0.15, 0.2) is 18.2 Å². The van der Waals surface area contributed by atoms with Crippen molar-refractivity contribution in [3.63, 3.8) is 0 Å². The van der Waals surface area contributed by atoms with Crippen LogP contribution in [-0.2, 0) is 9.53 Å². The fourth-order valence-corrected chi connectivity index (χ4v) is 5.44. The van der Waals surface area contributed by atoms with Crippen LogP contribution in [0.2, 0.25) is 0 Å². The van der Waals surface area contributed by atoms with E-state index >= 15 is 0 Å². The number of fused-ring (bicyclic) bond motifs is 1. The molecule has 2 bridgehead atoms. The number of hydrogen-bond acceptors (Lipinski definition) is 4. The van der Waals surface area contributed by atoms with Crippen molar-refractivity contribution >= 4 is 11.8 Å². The molecule has 6 nitrogen and oxygen atoms in total. The molecular weight excluding hydrogens is 354 g/mol. The minimum Gasteiger partial charge on any atom is -0.370 e. The molecule has 4 rings (SSSR count). The van der Waals surface area contributed by atoms with E-state index in [-0.39, 0.29) is 23.5 Å². The number of carbonyl (C=O) groups excluding carboxylic acids is 2. The summed E-state index contributed by atoms with van der Waals surface area (Å²) in [6.45, 7) is 9.39. The number of ether oxygens (including phenoxy) is 1. The number of carbonyl (C=O) groups is 2. The number of amides is 2. The minimum absolute atomic E-state index is 0.00444. The Morgan fingerprint density at radius 3 is 2.89 bits per heavy atom. The molecule has 1 aromatic carbocycles. The third kappa shape index (κ3) is 3.33. The summed E-state index contributed by atoms with van der Waals surface area (Å²) in [6, 6.07) is 5.85. The van der Waals surface area contributed by atoms with Gasteiger partial charge in [0.15, 0.2) is 0 Å². The molecule has 2 N–H and O–H groups in total. The lowest BCUT2D eigenvalue weighted by Gasteiger charge is -2.29. The van der Waals surface area contributed by atoms with E-state index in [2.05, 4.69) is 15.5 Å². The van der Waals surface area contributed by atoms with Crippen molar-refractivity contribution in [2.75, 3.05) is 32.7 Å². The quantitative estimate of drug-likeness (QED) is 0.781. The van der Waals surface area contributed by atoms with Crippen LogP contribution in [0.3, 0.4) is 0 Å². The van der Waals surface area contributed by atoms with Gasteiger partial charge in [-0.05, 0) is 50.8 Å². The first-order valence-electron chi connectivity index (χ1n) is 10.4. The van der Waals surface area contributed by atoms with Crippen LogP contribution in [0.1, 0.15) is 41.3 Å². The Labute approximate surface area is 167 Å². The lowest BCUT2D eigenvalue weighted by molar-refractivity contribution is -0.122. The molecule has 2 amide bonds. The number of likely N-dealkylation sites (tertiary alicyclic amines) is 1. The summed E-state index contributed by atoms with van der Waals surface area (Å²) < 4.78 is 6.42. The van der Waals surface area contributed by atoms with Gasteiger partial charge in [-0.25, -0.2) is 0 Å². The third-order valence-corrected chi connectivity index (χ3v) is 6.94. The molecule has 3 heterocycles. The van der Waals surface area contributed by atoms with Crippen LogP contribution in [0.4, 0.5) is 0 Å². The maximum absolute atomic E-state index is 12.7. The Hall–Kier alpha value is -1.92. The zero-order valence-corrected chi connectivity index (χ0v) is 17.1. The van der Waals surface area contributed by atoms with Gasteiger partial charge in [-0.15, -0.1) is 0 Å². The molecule has 4 atom stereocenters. The number of likely N-dealkylation sites (N-methyl/N-ethyl adjacent to an activating group) is 1. The van der Waals surface area contributed by atoms with Crippen LogP contribution in [-0.4, -0.2) is 61.1 Å². The van der Waals surface area contributed by atoms with Crippen molar-refractivity contribution in [2.45, 2.75) is 45.3 Å². The van der Waals surface area contributed by atoms with E-state index in [0.717, 1.165) is 42.6 Å². The Morgan fingerprint density at radius 1 is 1.29 bits per heavy atom. The highest BCUT2D eigenvalue weighted by Crippen LogP contribution is 2.54. The van der Waals surface area contributed by atoms with Gasteiger partial charge in [0.25, 0.3) is 5.91 Å². The molecule has 0 aliphatic carbocycles. The van der Waals surface area contributed by atoms with E-state index in [4.69, 9.17) is 4.74 Å². The van der Waals surface area contributed by atoms with Gasteiger partial charge in [-0.3, -0.25) is 14.5 Å². The molecule has 3 aliphatic rings. The number of aryl methyl sites for hydroxylation is 1. The van der Waals surface area contributed by atoms with Crippen molar-refractivity contribution in [3.05, 3.63) is 34.9 Å². The average molecular weight is 386 g/mol. The van der Waals surface area contributed by atoms with Gasteiger partial charge >= 0.3 is 0 Å². The molecule has 0 saturated carbocycles. The second kappa shape index (κ2) is 7.48. The summed E-state index contributed by atoms with van der Waals surface area (Å²) in [5, 5.41) is 6.04. The minimum atomic E-state index is -0.119. The predicted molar refractivity (Wildman–Crippen MR) is 107 cm³/mol. The topological polar surface area (TPSA) is 70.7 Å². The third-order valence-electron chi connectivity index (χ3n) is 6.94. The summed E-state index contributed by atoms with van der Waals surface area (Å²) in [5.41, 5.74) is 2.80. The van der Waals surface area contributed by atoms with Gasteiger partial charge < -0.3 is 15.4 Å². The summed E-state index contributed by atoms with van der Waals surface area (Å²) in [5.74, 6) is 0.782. The summed E-state index contributed by atoms with van der Waals surface area (Å²) in [7, 11) is 0. The molecule has 3 aliphatic heterocycles. The second-order valence-corrected chi connectivity index (χ2v) is 8.61. The van der Waals surface area contributed by atoms with Crippen LogP contribution < -0.4 is 10.6 Å². The summed E-state index contributed by atoms with van der Waals surface area (Å²) in [4.78, 5) is 26.9. The van der Waals surface area contributed by atoms with E-state index in [1.807, 2.05) is 39.0 Å². The Bertz CT molecular complexity index is 780. The molecule has 28 heavy (non-hydrogen) atoms. The monoisotopic (exact) mass is 385 g/mol. The normalized spacial score (nSPS) is 31.0. The number of nitrogens with one attached hydrogen (secondary N) is 2. The maximum Gasteiger partial charge on any atom is 0.251 e. The summed E-state index contributed by atoms with van der Waals surface area (Å²) in [6.07, 6.45) is 2.35. The highest BCUT2D eigenvalue weighted by Gasteiger charge is 2.62. The zero-order valence-electron chi connectivity index (χ0n) is 17.1. The molecule has 6 heteroatoms.